The van der Waals surface area contributed by atoms with E-state index in [2.05, 4.69) is 54.0 Å². The van der Waals surface area contributed by atoms with Gasteiger partial charge in [-0.25, -0.2) is 0 Å². The lowest BCUT2D eigenvalue weighted by molar-refractivity contribution is 0.478. The molecule has 0 N–H and O–H groups in total. The molecule has 0 unspecified atom stereocenters. The zero-order valence-electron chi connectivity index (χ0n) is 11.4. The van der Waals surface area contributed by atoms with E-state index in [0.29, 0.717) is 0 Å². The van der Waals surface area contributed by atoms with Gasteiger partial charge in [-0.15, -0.1) is 0 Å². The third-order valence-electron chi connectivity index (χ3n) is 3.05. The average molecular weight is 319 g/mol. The van der Waals surface area contributed by atoms with Gasteiger partial charge in [0.05, 0.1) is 0 Å². The maximum atomic E-state index is 5.96. The third-order valence-corrected chi connectivity index (χ3v) is 3.65. The summed E-state index contributed by atoms with van der Waals surface area (Å²) in [5, 5.41) is 0.804. The first-order valence-electron chi connectivity index (χ1n) is 6.65. The van der Waals surface area contributed by atoms with Crippen LogP contribution < -0.4 is 4.74 Å². The number of aryl methyl sites for hydroxylation is 2. The number of alkyl halides is 1. The number of halogens is 1. The molecule has 0 amide bonds. The standard InChI is InChI=1S/C17H19BrO/c1-3-4-14-6-8-16(9-7-14)19-17-10-5-13(2)11-15(17)12-18/h5-11H,3-4,12H2,1-2H3. The molecule has 2 rings (SSSR count). The Morgan fingerprint density at radius 2 is 1.79 bits per heavy atom. The van der Waals surface area contributed by atoms with Crippen LogP contribution in [-0.4, -0.2) is 0 Å². The van der Waals surface area contributed by atoms with Crippen molar-refractivity contribution in [2.75, 3.05) is 0 Å². The Kier molecular flexibility index (Phi) is 5.03. The highest BCUT2D eigenvalue weighted by Gasteiger charge is 2.04. The minimum absolute atomic E-state index is 0.804. The van der Waals surface area contributed by atoms with Crippen molar-refractivity contribution in [3.8, 4) is 11.5 Å². The number of benzene rings is 2. The van der Waals surface area contributed by atoms with E-state index in [9.17, 15) is 0 Å². The van der Waals surface area contributed by atoms with Crippen molar-refractivity contribution in [2.24, 2.45) is 0 Å². The zero-order valence-corrected chi connectivity index (χ0v) is 13.0. The molecule has 0 saturated heterocycles. The summed E-state index contributed by atoms with van der Waals surface area (Å²) in [6.45, 7) is 4.29. The number of rotatable bonds is 5. The summed E-state index contributed by atoms with van der Waals surface area (Å²) in [7, 11) is 0. The van der Waals surface area contributed by atoms with Crippen LogP contribution in [0.1, 0.15) is 30.0 Å². The highest BCUT2D eigenvalue weighted by atomic mass is 79.9. The van der Waals surface area contributed by atoms with Crippen LogP contribution in [0.4, 0.5) is 0 Å². The molecule has 0 bridgehead atoms. The van der Waals surface area contributed by atoms with Crippen LogP contribution in [0.2, 0.25) is 0 Å². The smallest absolute Gasteiger partial charge is 0.131 e. The fraction of sp³-hybridized carbons (Fsp3) is 0.294. The van der Waals surface area contributed by atoms with E-state index in [1.807, 2.05) is 18.2 Å². The summed E-state index contributed by atoms with van der Waals surface area (Å²) in [6.07, 6.45) is 2.30. The van der Waals surface area contributed by atoms with Gasteiger partial charge in [0.1, 0.15) is 11.5 Å². The quantitative estimate of drug-likeness (QED) is 0.649. The highest BCUT2D eigenvalue weighted by molar-refractivity contribution is 9.08. The topological polar surface area (TPSA) is 9.23 Å². The van der Waals surface area contributed by atoms with Crippen molar-refractivity contribution in [1.82, 2.24) is 0 Å². The third kappa shape index (κ3) is 3.84. The van der Waals surface area contributed by atoms with E-state index in [1.165, 1.54) is 23.1 Å². The molecular formula is C17H19BrO. The molecule has 2 heteroatoms. The Morgan fingerprint density at radius 3 is 2.42 bits per heavy atom. The molecule has 19 heavy (non-hydrogen) atoms. The molecule has 0 aliphatic heterocycles. The van der Waals surface area contributed by atoms with Crippen LogP contribution in [0.5, 0.6) is 11.5 Å². The molecule has 2 aromatic rings. The molecule has 0 aliphatic carbocycles. The van der Waals surface area contributed by atoms with Gasteiger partial charge >= 0.3 is 0 Å². The number of hydrogen-bond donors (Lipinski definition) is 0. The molecule has 0 saturated carbocycles. The second kappa shape index (κ2) is 6.76. The molecule has 100 valence electrons. The molecule has 0 heterocycles. The molecule has 0 aromatic heterocycles. The molecular weight excluding hydrogens is 300 g/mol. The van der Waals surface area contributed by atoms with Crippen LogP contribution in [0.25, 0.3) is 0 Å². The summed E-state index contributed by atoms with van der Waals surface area (Å²) in [5.41, 5.74) is 3.79. The molecule has 1 nitrogen and oxygen atoms in total. The Labute approximate surface area is 123 Å². The summed E-state index contributed by atoms with van der Waals surface area (Å²) in [6, 6.07) is 14.6. The SMILES string of the molecule is CCCc1ccc(Oc2ccc(C)cc2CBr)cc1. The second-order valence-corrected chi connectivity index (χ2v) is 5.30. The summed E-state index contributed by atoms with van der Waals surface area (Å²) < 4.78 is 5.96. The predicted molar refractivity (Wildman–Crippen MR) is 84.3 cm³/mol. The molecule has 0 aliphatic rings. The Bertz CT molecular complexity index is 531. The Balaban J connectivity index is 2.16. The first-order chi connectivity index (χ1) is 9.22. The summed E-state index contributed by atoms with van der Waals surface area (Å²) in [5.74, 6) is 1.82. The minimum atomic E-state index is 0.804. The molecule has 2 aromatic carbocycles. The van der Waals surface area contributed by atoms with Crippen LogP contribution in [0, 0.1) is 6.92 Å². The Morgan fingerprint density at radius 1 is 1.05 bits per heavy atom. The lowest BCUT2D eigenvalue weighted by Gasteiger charge is -2.11. The van der Waals surface area contributed by atoms with Crippen LogP contribution >= 0.6 is 15.9 Å². The average Bonchev–Trinajstić information content (AvgIpc) is 2.43. The van der Waals surface area contributed by atoms with Gasteiger partial charge in [-0.1, -0.05) is 59.1 Å². The van der Waals surface area contributed by atoms with E-state index in [4.69, 9.17) is 4.74 Å². The first-order valence-corrected chi connectivity index (χ1v) is 7.77. The van der Waals surface area contributed by atoms with Gasteiger partial charge in [0, 0.05) is 10.9 Å². The molecule has 0 fully saturated rings. The van der Waals surface area contributed by atoms with E-state index >= 15 is 0 Å². The maximum absolute atomic E-state index is 5.96. The van der Waals surface area contributed by atoms with E-state index in [-0.39, 0.29) is 0 Å². The van der Waals surface area contributed by atoms with Gasteiger partial charge in [-0.2, -0.15) is 0 Å². The minimum Gasteiger partial charge on any atom is -0.457 e. The maximum Gasteiger partial charge on any atom is 0.131 e. The Hall–Kier alpha value is -1.28. The van der Waals surface area contributed by atoms with E-state index < -0.39 is 0 Å². The largest absolute Gasteiger partial charge is 0.457 e. The first kappa shape index (κ1) is 14.1. The monoisotopic (exact) mass is 318 g/mol. The van der Waals surface area contributed by atoms with Crippen molar-refractivity contribution >= 4 is 15.9 Å². The summed E-state index contributed by atoms with van der Waals surface area (Å²) in [4.78, 5) is 0. The predicted octanol–water partition coefficient (Wildman–Crippen LogP) is 5.63. The fourth-order valence-corrected chi connectivity index (χ4v) is 2.49. The lowest BCUT2D eigenvalue weighted by Crippen LogP contribution is -1.91. The van der Waals surface area contributed by atoms with Crippen LogP contribution in [-0.2, 0) is 11.8 Å². The number of hydrogen-bond acceptors (Lipinski definition) is 1. The van der Waals surface area contributed by atoms with Crippen LogP contribution in [0.3, 0.4) is 0 Å². The van der Waals surface area contributed by atoms with Crippen molar-refractivity contribution in [2.45, 2.75) is 32.0 Å². The van der Waals surface area contributed by atoms with Gasteiger partial charge < -0.3 is 4.74 Å². The molecule has 0 radical (unpaired) electrons. The van der Waals surface area contributed by atoms with E-state index in [1.54, 1.807) is 0 Å². The van der Waals surface area contributed by atoms with Crippen LogP contribution in [0.15, 0.2) is 42.5 Å². The normalized spacial score (nSPS) is 10.5. The molecule has 0 atom stereocenters. The number of ether oxygens (including phenoxy) is 1. The van der Waals surface area contributed by atoms with Gasteiger partial charge in [0.25, 0.3) is 0 Å². The van der Waals surface area contributed by atoms with Gasteiger partial charge in [-0.3, -0.25) is 0 Å². The second-order valence-electron chi connectivity index (χ2n) is 4.74. The highest BCUT2D eigenvalue weighted by Crippen LogP contribution is 2.28. The lowest BCUT2D eigenvalue weighted by atomic mass is 10.1. The zero-order chi connectivity index (χ0) is 13.7. The fourth-order valence-electron chi connectivity index (χ4n) is 2.05. The van der Waals surface area contributed by atoms with Crippen molar-refractivity contribution in [1.29, 1.82) is 0 Å². The molecule has 0 spiro atoms. The van der Waals surface area contributed by atoms with Gasteiger partial charge in [0.15, 0.2) is 0 Å². The van der Waals surface area contributed by atoms with Crippen molar-refractivity contribution < 1.29 is 4.74 Å². The van der Waals surface area contributed by atoms with Crippen molar-refractivity contribution in [3.05, 3.63) is 59.2 Å². The van der Waals surface area contributed by atoms with E-state index in [0.717, 1.165) is 23.2 Å². The van der Waals surface area contributed by atoms with Crippen molar-refractivity contribution in [3.63, 3.8) is 0 Å². The summed E-state index contributed by atoms with van der Waals surface area (Å²) >= 11 is 3.51. The van der Waals surface area contributed by atoms with Gasteiger partial charge in [0.2, 0.25) is 0 Å². The van der Waals surface area contributed by atoms with Gasteiger partial charge in [-0.05, 0) is 37.1 Å².